The number of hydrogen-bond acceptors (Lipinski definition) is 12. The number of carbonyl (C=O) groups excluding carboxylic acids is 9. The largest absolute Gasteiger partial charge is 0.445 e. The maximum absolute atomic E-state index is 14.1. The van der Waals surface area contributed by atoms with Crippen molar-refractivity contribution in [1.29, 1.82) is 0 Å². The van der Waals surface area contributed by atoms with Crippen LogP contribution in [0.4, 0.5) is 15.3 Å². The molecule has 1 rings (SSSR count). The van der Waals surface area contributed by atoms with E-state index < -0.39 is 66.2 Å². The molecule has 0 aliphatic rings. The lowest BCUT2D eigenvalue weighted by Crippen LogP contribution is -2.60. The fraction of sp³-hybridized carbons (Fsp3) is 0.688. The predicted molar refractivity (Wildman–Crippen MR) is 261 cm³/mol. The summed E-state index contributed by atoms with van der Waals surface area (Å²) in [6.45, 7) is 16.1. The van der Waals surface area contributed by atoms with Crippen LogP contribution in [0.3, 0.4) is 0 Å². The van der Waals surface area contributed by atoms with Crippen molar-refractivity contribution in [3.05, 3.63) is 29.8 Å². The SMILES string of the molecule is CC[C@H](C)[C@@H]([C@@H](CC(C)=O)OC)N(C)C(=O)[C@@H](NC(=O)C(C(C)C)N(C)C(=O)OCc1ccc(NC(=O)[C@H](CCCNC(N)=O)NC(=O)C(NC(=O)CCCCCC(=O)NN)C(C)C)cc1)C(C)C. The first-order chi connectivity index (χ1) is 32.4. The van der Waals surface area contributed by atoms with Crippen molar-refractivity contribution in [2.75, 3.05) is 33.1 Å². The normalized spacial score (nSPS) is 14.3. The summed E-state index contributed by atoms with van der Waals surface area (Å²) in [5.74, 6) is 1.28. The number of likely N-dealkylation sites (N-methyl/N-ethyl adjacent to an activating group) is 2. The molecule has 0 heterocycles. The van der Waals surface area contributed by atoms with Crippen LogP contribution in [-0.4, -0.2) is 127 Å². The van der Waals surface area contributed by atoms with Gasteiger partial charge in [-0.05, 0) is 74.0 Å². The van der Waals surface area contributed by atoms with E-state index in [-0.39, 0.29) is 92.4 Å². The summed E-state index contributed by atoms with van der Waals surface area (Å²) in [5.41, 5.74) is 8.18. The third kappa shape index (κ3) is 21.6. The van der Waals surface area contributed by atoms with Crippen LogP contribution in [0.1, 0.15) is 126 Å². The molecule has 390 valence electrons. The number of primary amides is 1. The van der Waals surface area contributed by atoms with E-state index in [2.05, 4.69) is 32.0 Å². The van der Waals surface area contributed by atoms with Gasteiger partial charge in [-0.1, -0.05) is 80.4 Å². The molecular weight excluding hydrogens is 893 g/mol. The minimum absolute atomic E-state index is 0.0213. The minimum Gasteiger partial charge on any atom is -0.445 e. The number of nitrogens with zero attached hydrogens (tertiary/aromatic N) is 2. The van der Waals surface area contributed by atoms with Gasteiger partial charge in [-0.2, -0.15) is 0 Å². The van der Waals surface area contributed by atoms with Gasteiger partial charge < -0.3 is 46.7 Å². The number of unbranched alkanes of at least 4 members (excludes halogenated alkanes) is 2. The lowest BCUT2D eigenvalue weighted by atomic mass is 9.89. The number of hydrazine groups is 1. The lowest BCUT2D eigenvalue weighted by molar-refractivity contribution is -0.144. The maximum Gasteiger partial charge on any atom is 0.410 e. The van der Waals surface area contributed by atoms with Crippen molar-refractivity contribution in [3.8, 4) is 0 Å². The Balaban J connectivity index is 3.08. The first kappa shape index (κ1) is 61.2. The molecule has 69 heavy (non-hydrogen) atoms. The van der Waals surface area contributed by atoms with Crippen LogP contribution in [0.25, 0.3) is 0 Å². The molecule has 0 bridgehead atoms. The molecule has 1 aromatic carbocycles. The molecule has 9 amide bonds. The zero-order valence-corrected chi connectivity index (χ0v) is 42.9. The van der Waals surface area contributed by atoms with Crippen LogP contribution in [0.15, 0.2) is 24.3 Å². The van der Waals surface area contributed by atoms with Gasteiger partial charge in [-0.15, -0.1) is 0 Å². The van der Waals surface area contributed by atoms with Crippen molar-refractivity contribution in [1.82, 2.24) is 36.5 Å². The van der Waals surface area contributed by atoms with Crippen LogP contribution < -0.4 is 43.6 Å². The van der Waals surface area contributed by atoms with Gasteiger partial charge in [-0.3, -0.25) is 43.9 Å². The minimum atomic E-state index is -1.07. The highest BCUT2D eigenvalue weighted by Crippen LogP contribution is 2.24. The van der Waals surface area contributed by atoms with Crippen molar-refractivity contribution in [3.63, 3.8) is 0 Å². The Morgan fingerprint density at radius 1 is 0.710 bits per heavy atom. The highest BCUT2D eigenvalue weighted by atomic mass is 16.6. The molecule has 0 radical (unpaired) electrons. The maximum atomic E-state index is 14.1. The van der Waals surface area contributed by atoms with Gasteiger partial charge >= 0.3 is 12.1 Å². The Morgan fingerprint density at radius 3 is 1.81 bits per heavy atom. The second-order valence-electron chi connectivity index (χ2n) is 18.7. The van der Waals surface area contributed by atoms with Crippen molar-refractivity contribution < 1.29 is 52.6 Å². The number of ether oxygens (including phenoxy) is 2. The molecule has 21 heteroatoms. The molecule has 0 aromatic heterocycles. The molecule has 0 saturated carbocycles. The van der Waals surface area contributed by atoms with E-state index >= 15 is 0 Å². The van der Waals surface area contributed by atoms with Gasteiger partial charge in [0.2, 0.25) is 35.4 Å². The smallest absolute Gasteiger partial charge is 0.410 e. The molecule has 2 unspecified atom stereocenters. The Kier molecular flexibility index (Phi) is 27.8. The zero-order valence-electron chi connectivity index (χ0n) is 42.9. The molecule has 0 aliphatic carbocycles. The number of amides is 9. The van der Waals surface area contributed by atoms with E-state index in [0.29, 0.717) is 30.5 Å². The summed E-state index contributed by atoms with van der Waals surface area (Å²) in [6, 6.07) is 1.26. The average Bonchev–Trinajstić information content (AvgIpc) is 3.28. The summed E-state index contributed by atoms with van der Waals surface area (Å²) in [7, 11) is 4.61. The number of ketones is 1. The van der Waals surface area contributed by atoms with Crippen LogP contribution in [0.2, 0.25) is 0 Å². The van der Waals surface area contributed by atoms with Crippen LogP contribution in [0.5, 0.6) is 0 Å². The van der Waals surface area contributed by atoms with E-state index in [9.17, 15) is 43.2 Å². The average molecular weight is 975 g/mol. The van der Waals surface area contributed by atoms with E-state index in [4.69, 9.17) is 21.1 Å². The fourth-order valence-corrected chi connectivity index (χ4v) is 7.83. The number of methoxy groups -OCH3 is 1. The Labute approximate surface area is 408 Å². The highest BCUT2D eigenvalue weighted by molar-refractivity contribution is 5.98. The van der Waals surface area contributed by atoms with E-state index in [1.165, 1.54) is 26.0 Å². The molecular formula is C48H82N10O11. The summed E-state index contributed by atoms with van der Waals surface area (Å²) >= 11 is 0. The van der Waals surface area contributed by atoms with Crippen molar-refractivity contribution >= 4 is 59.0 Å². The molecule has 10 N–H and O–H groups in total. The number of rotatable bonds is 31. The van der Waals surface area contributed by atoms with E-state index in [0.717, 1.165) is 6.42 Å². The Hall–Kier alpha value is -5.83. The third-order valence-electron chi connectivity index (χ3n) is 11.9. The Bertz CT molecular complexity index is 1850. The molecule has 21 nitrogen and oxygen atoms in total. The summed E-state index contributed by atoms with van der Waals surface area (Å²) in [4.78, 5) is 119. The molecule has 0 spiro atoms. The Morgan fingerprint density at radius 2 is 1.30 bits per heavy atom. The van der Waals surface area contributed by atoms with Crippen LogP contribution >= 0.6 is 0 Å². The molecule has 1 aromatic rings. The van der Waals surface area contributed by atoms with Gasteiger partial charge in [0.15, 0.2) is 0 Å². The summed E-state index contributed by atoms with van der Waals surface area (Å²) < 4.78 is 11.3. The number of carbonyl (C=O) groups is 9. The van der Waals surface area contributed by atoms with Gasteiger partial charge in [-0.25, -0.2) is 15.4 Å². The van der Waals surface area contributed by atoms with Crippen LogP contribution in [-0.2, 0) is 49.6 Å². The van der Waals surface area contributed by atoms with Crippen molar-refractivity contribution in [2.45, 2.75) is 163 Å². The number of urea groups is 1. The van der Waals surface area contributed by atoms with Gasteiger partial charge in [0.1, 0.15) is 36.6 Å². The number of nitrogens with one attached hydrogen (secondary N) is 6. The van der Waals surface area contributed by atoms with Crippen LogP contribution in [0, 0.1) is 23.7 Å². The molecule has 0 aliphatic heterocycles. The van der Waals surface area contributed by atoms with Gasteiger partial charge in [0, 0.05) is 52.7 Å². The van der Waals surface area contributed by atoms with E-state index in [1.807, 2.05) is 27.7 Å². The molecule has 0 fully saturated rings. The number of Topliss-reactive ketones (excluding diaryl/α,β-unsaturated/α-hetero) is 1. The third-order valence-corrected chi connectivity index (χ3v) is 11.9. The summed E-state index contributed by atoms with van der Waals surface area (Å²) in [6.07, 6.45) is 1.93. The van der Waals surface area contributed by atoms with Gasteiger partial charge in [0.25, 0.3) is 0 Å². The molecule has 7 atom stereocenters. The number of nitrogens with two attached hydrogens (primary N) is 2. The fourth-order valence-electron chi connectivity index (χ4n) is 7.83. The van der Waals surface area contributed by atoms with E-state index in [1.54, 1.807) is 63.9 Å². The monoisotopic (exact) mass is 975 g/mol. The number of hydrogen-bond donors (Lipinski definition) is 8. The quantitative estimate of drug-likeness (QED) is 0.0230. The predicted octanol–water partition coefficient (Wildman–Crippen LogP) is 3.24. The second-order valence-corrected chi connectivity index (χ2v) is 18.7. The van der Waals surface area contributed by atoms with Crippen molar-refractivity contribution in [2.24, 2.45) is 35.2 Å². The number of anilines is 1. The lowest BCUT2D eigenvalue weighted by Gasteiger charge is -2.40. The highest BCUT2D eigenvalue weighted by Gasteiger charge is 2.39. The number of benzene rings is 1. The first-order valence-electron chi connectivity index (χ1n) is 23.9. The van der Waals surface area contributed by atoms with Gasteiger partial charge in [0.05, 0.1) is 12.1 Å². The first-order valence-corrected chi connectivity index (χ1v) is 23.9. The summed E-state index contributed by atoms with van der Waals surface area (Å²) in [5, 5.41) is 13.6. The molecule has 0 saturated heterocycles. The second kappa shape index (κ2) is 31.3. The topological polar surface area (TPSA) is 303 Å². The zero-order chi connectivity index (χ0) is 52.5. The standard InChI is InChI=1S/C48H82N10O11/c1-13-31(8)42(36(68-12)26-32(9)59)57(10)46(65)40(29(4)5)55-45(64)41(30(6)7)58(11)48(67)69-27-33-21-23-34(24-22-33)52-43(62)35(18-17-25-51-47(49)66)53-44(63)39(28(2)3)54-37(60)19-15-14-16-20-38(61)56-50/h21-24,28-31,35-36,39-42H,13-20,25-27,50H2,1-12H3,(H,52,62)(H,53,63)(H,54,60)(H,55,64)(H,56,61)(H3,49,51,66)/t31-,35-,36+,39?,40-,41?,42-/m0/s1.